The highest BCUT2D eigenvalue weighted by molar-refractivity contribution is 7.16. The van der Waals surface area contributed by atoms with Gasteiger partial charge >= 0.3 is 0 Å². The quantitative estimate of drug-likeness (QED) is 0.849. The highest BCUT2D eigenvalue weighted by Gasteiger charge is 2.08. The Morgan fingerprint density at radius 1 is 1.50 bits per heavy atom. The van der Waals surface area contributed by atoms with E-state index in [0.717, 1.165) is 10.2 Å². The number of hydrogen-bond donors (Lipinski definition) is 1. The lowest BCUT2D eigenvalue weighted by atomic mass is 10.4. The monoisotopic (exact) mass is 257 g/mol. The lowest BCUT2D eigenvalue weighted by Gasteiger charge is -2.13. The van der Waals surface area contributed by atoms with Crippen molar-refractivity contribution in [2.75, 3.05) is 20.2 Å². The summed E-state index contributed by atoms with van der Waals surface area (Å²) < 4.78 is 0. The molecule has 0 saturated heterocycles. The van der Waals surface area contributed by atoms with Gasteiger partial charge in [-0.25, -0.2) is 9.97 Å². The zero-order valence-electron chi connectivity index (χ0n) is 8.85. The van der Waals surface area contributed by atoms with Gasteiger partial charge < -0.3 is 5.11 Å². The Morgan fingerprint density at radius 3 is 3.06 bits per heavy atom. The van der Waals surface area contributed by atoms with Crippen molar-refractivity contribution >= 4 is 33.2 Å². The molecule has 4 nitrogen and oxygen atoms in total. The molecule has 0 aliphatic carbocycles. The Kier molecular flexibility index (Phi) is 3.70. The van der Waals surface area contributed by atoms with Crippen LogP contribution in [0.25, 0.3) is 10.2 Å². The molecule has 2 rings (SSSR count). The molecule has 0 aliphatic heterocycles. The van der Waals surface area contributed by atoms with Gasteiger partial charge in [0.2, 0.25) is 0 Å². The maximum atomic E-state index is 8.80. The molecule has 2 aromatic heterocycles. The number of rotatable bonds is 4. The third-order valence-corrected chi connectivity index (χ3v) is 3.31. The molecule has 1 N–H and O–H groups in total. The molecule has 16 heavy (non-hydrogen) atoms. The van der Waals surface area contributed by atoms with Crippen molar-refractivity contribution in [3.8, 4) is 0 Å². The summed E-state index contributed by atoms with van der Waals surface area (Å²) >= 11 is 7.60. The predicted molar refractivity (Wildman–Crippen MR) is 65.8 cm³/mol. The number of likely N-dealkylation sites (N-methyl/N-ethyl adjacent to an activating group) is 1. The molecule has 2 aromatic rings. The second-order valence-corrected chi connectivity index (χ2v) is 4.78. The largest absolute Gasteiger partial charge is 0.395 e. The van der Waals surface area contributed by atoms with Crippen LogP contribution in [-0.4, -0.2) is 40.2 Å². The fraction of sp³-hybridized carbons (Fsp3) is 0.400. The van der Waals surface area contributed by atoms with E-state index in [0.29, 0.717) is 24.1 Å². The summed E-state index contributed by atoms with van der Waals surface area (Å²) in [6, 6.07) is 1.92. The Hall–Kier alpha value is -0.750. The van der Waals surface area contributed by atoms with Crippen molar-refractivity contribution in [2.45, 2.75) is 6.54 Å². The lowest BCUT2D eigenvalue weighted by molar-refractivity contribution is 0.215. The van der Waals surface area contributed by atoms with Crippen LogP contribution < -0.4 is 0 Å². The van der Waals surface area contributed by atoms with Crippen molar-refractivity contribution in [2.24, 2.45) is 0 Å². The zero-order valence-corrected chi connectivity index (χ0v) is 10.4. The van der Waals surface area contributed by atoms with Crippen LogP contribution in [0.2, 0.25) is 5.15 Å². The van der Waals surface area contributed by atoms with Gasteiger partial charge in [0.05, 0.1) is 13.2 Å². The molecule has 0 bridgehead atoms. The van der Waals surface area contributed by atoms with E-state index in [1.807, 2.05) is 23.4 Å². The second kappa shape index (κ2) is 5.05. The topological polar surface area (TPSA) is 49.2 Å². The molecular weight excluding hydrogens is 246 g/mol. The van der Waals surface area contributed by atoms with Crippen LogP contribution in [0.4, 0.5) is 0 Å². The first-order valence-electron chi connectivity index (χ1n) is 4.89. The van der Waals surface area contributed by atoms with E-state index in [-0.39, 0.29) is 6.61 Å². The summed E-state index contributed by atoms with van der Waals surface area (Å²) in [6.45, 7) is 1.32. The second-order valence-electron chi connectivity index (χ2n) is 3.53. The predicted octanol–water partition coefficient (Wildman–Crippen LogP) is 1.77. The normalized spacial score (nSPS) is 11.5. The fourth-order valence-electron chi connectivity index (χ4n) is 1.42. The van der Waals surface area contributed by atoms with Gasteiger partial charge in [-0.05, 0) is 18.5 Å². The fourth-order valence-corrected chi connectivity index (χ4v) is 2.51. The van der Waals surface area contributed by atoms with Crippen LogP contribution in [0.3, 0.4) is 0 Å². The zero-order chi connectivity index (χ0) is 11.5. The molecule has 2 heterocycles. The molecule has 0 spiro atoms. The molecule has 86 valence electrons. The third kappa shape index (κ3) is 2.49. The minimum Gasteiger partial charge on any atom is -0.395 e. The number of aromatic nitrogens is 2. The van der Waals surface area contributed by atoms with E-state index < -0.39 is 0 Å². The Morgan fingerprint density at radius 2 is 2.31 bits per heavy atom. The number of aliphatic hydroxyl groups excluding tert-OH is 1. The Bertz CT molecular complexity index is 488. The molecule has 0 aromatic carbocycles. The van der Waals surface area contributed by atoms with Crippen molar-refractivity contribution in [1.82, 2.24) is 14.9 Å². The summed E-state index contributed by atoms with van der Waals surface area (Å²) in [5.41, 5.74) is 0. The van der Waals surface area contributed by atoms with Crippen molar-refractivity contribution < 1.29 is 5.11 Å². The molecule has 0 amide bonds. The van der Waals surface area contributed by atoms with E-state index >= 15 is 0 Å². The van der Waals surface area contributed by atoms with Gasteiger partial charge in [-0.15, -0.1) is 11.3 Å². The minimum atomic E-state index is 0.130. The number of nitrogens with zero attached hydrogens (tertiary/aromatic N) is 3. The molecule has 0 saturated carbocycles. The number of aliphatic hydroxyl groups is 1. The van der Waals surface area contributed by atoms with Gasteiger partial charge in [0.1, 0.15) is 15.8 Å². The SMILES string of the molecule is CN(CCO)Cc1nc(Cl)c2ccsc2n1. The molecule has 0 unspecified atom stereocenters. The van der Waals surface area contributed by atoms with Gasteiger partial charge in [-0.3, -0.25) is 4.90 Å². The highest BCUT2D eigenvalue weighted by atomic mass is 35.5. The van der Waals surface area contributed by atoms with Gasteiger partial charge in [-0.1, -0.05) is 11.6 Å². The van der Waals surface area contributed by atoms with Crippen LogP contribution in [-0.2, 0) is 6.54 Å². The van der Waals surface area contributed by atoms with Gasteiger partial charge in [0.15, 0.2) is 0 Å². The van der Waals surface area contributed by atoms with E-state index in [2.05, 4.69) is 9.97 Å². The van der Waals surface area contributed by atoms with Crippen LogP contribution >= 0.6 is 22.9 Å². The molecule has 0 radical (unpaired) electrons. The first kappa shape index (κ1) is 11.7. The standard InChI is InChI=1S/C10H12ClN3OS/c1-14(3-4-15)6-8-12-9(11)7-2-5-16-10(7)13-8/h2,5,15H,3-4,6H2,1H3. The summed E-state index contributed by atoms with van der Waals surface area (Å²) in [4.78, 5) is 11.5. The third-order valence-electron chi connectivity index (χ3n) is 2.22. The molecule has 0 aliphatic rings. The molecule has 0 atom stereocenters. The number of hydrogen-bond acceptors (Lipinski definition) is 5. The Balaban J connectivity index is 2.24. The highest BCUT2D eigenvalue weighted by Crippen LogP contribution is 2.24. The van der Waals surface area contributed by atoms with Gasteiger partial charge in [0, 0.05) is 11.9 Å². The minimum absolute atomic E-state index is 0.130. The van der Waals surface area contributed by atoms with Crippen LogP contribution in [0.15, 0.2) is 11.4 Å². The van der Waals surface area contributed by atoms with Crippen molar-refractivity contribution in [3.05, 3.63) is 22.4 Å². The van der Waals surface area contributed by atoms with Crippen molar-refractivity contribution in [1.29, 1.82) is 0 Å². The first-order chi connectivity index (χ1) is 7.70. The number of fused-ring (bicyclic) bond motifs is 1. The van der Waals surface area contributed by atoms with E-state index in [4.69, 9.17) is 16.7 Å². The van der Waals surface area contributed by atoms with Crippen LogP contribution in [0, 0.1) is 0 Å². The molecular formula is C10H12ClN3OS. The number of thiophene rings is 1. The average molecular weight is 258 g/mol. The summed E-state index contributed by atoms with van der Waals surface area (Å²) in [6.07, 6.45) is 0. The summed E-state index contributed by atoms with van der Waals surface area (Å²) in [5.74, 6) is 0.691. The van der Waals surface area contributed by atoms with Gasteiger partial charge in [-0.2, -0.15) is 0 Å². The van der Waals surface area contributed by atoms with Crippen molar-refractivity contribution in [3.63, 3.8) is 0 Å². The van der Waals surface area contributed by atoms with E-state index in [1.54, 1.807) is 11.3 Å². The smallest absolute Gasteiger partial charge is 0.145 e. The Labute approximate surface area is 103 Å². The van der Waals surface area contributed by atoms with Crippen LogP contribution in [0.1, 0.15) is 5.82 Å². The lowest BCUT2D eigenvalue weighted by Crippen LogP contribution is -2.22. The number of halogens is 1. The summed E-state index contributed by atoms with van der Waals surface area (Å²) in [5, 5.41) is 12.2. The van der Waals surface area contributed by atoms with E-state index in [1.165, 1.54) is 0 Å². The maximum Gasteiger partial charge on any atom is 0.145 e. The van der Waals surface area contributed by atoms with Gasteiger partial charge in [0.25, 0.3) is 0 Å². The molecule has 6 heteroatoms. The first-order valence-corrected chi connectivity index (χ1v) is 6.15. The summed E-state index contributed by atoms with van der Waals surface area (Å²) in [7, 11) is 1.91. The van der Waals surface area contributed by atoms with Crippen LogP contribution in [0.5, 0.6) is 0 Å². The van der Waals surface area contributed by atoms with E-state index in [9.17, 15) is 0 Å². The maximum absolute atomic E-state index is 8.80. The average Bonchev–Trinajstić information content (AvgIpc) is 2.66. The molecule has 0 fully saturated rings.